The molecule has 3 rings (SSSR count). The van der Waals surface area contributed by atoms with E-state index in [0.29, 0.717) is 22.8 Å². The Bertz CT molecular complexity index is 599. The van der Waals surface area contributed by atoms with Crippen LogP contribution in [-0.2, 0) is 0 Å². The van der Waals surface area contributed by atoms with Gasteiger partial charge in [-0.25, -0.2) is 14.8 Å². The van der Waals surface area contributed by atoms with Gasteiger partial charge in [-0.05, 0) is 19.8 Å². The molecule has 0 radical (unpaired) electrons. The molecule has 17 heavy (non-hydrogen) atoms. The highest BCUT2D eigenvalue weighted by molar-refractivity contribution is 6.03. The molecule has 0 aliphatic heterocycles. The Morgan fingerprint density at radius 1 is 1.47 bits per heavy atom. The fourth-order valence-corrected chi connectivity index (χ4v) is 2.32. The third-order valence-electron chi connectivity index (χ3n) is 3.39. The molecule has 1 fully saturated rings. The van der Waals surface area contributed by atoms with Gasteiger partial charge in [0, 0.05) is 12.1 Å². The predicted octanol–water partition coefficient (Wildman–Crippen LogP) is 2.23. The maximum Gasteiger partial charge on any atom is 0.338 e. The van der Waals surface area contributed by atoms with Gasteiger partial charge in [-0.1, -0.05) is 6.42 Å². The minimum absolute atomic E-state index is 0.280. The molecule has 2 heterocycles. The second kappa shape index (κ2) is 3.55. The molecule has 0 saturated heterocycles. The second-order valence-corrected chi connectivity index (χ2v) is 4.51. The second-order valence-electron chi connectivity index (χ2n) is 4.51. The smallest absolute Gasteiger partial charge is 0.338 e. The van der Waals surface area contributed by atoms with E-state index in [-0.39, 0.29) is 5.56 Å². The van der Waals surface area contributed by atoms with E-state index in [1.807, 2.05) is 6.92 Å². The lowest BCUT2D eigenvalue weighted by Crippen LogP contribution is -2.13. The Morgan fingerprint density at radius 3 is 2.82 bits per heavy atom. The number of hydrogen-bond donors (Lipinski definition) is 2. The van der Waals surface area contributed by atoms with Crippen molar-refractivity contribution in [3.8, 4) is 0 Å². The average molecular weight is 231 g/mol. The Morgan fingerprint density at radius 2 is 2.24 bits per heavy atom. The zero-order valence-corrected chi connectivity index (χ0v) is 9.53. The van der Waals surface area contributed by atoms with Gasteiger partial charge in [-0.3, -0.25) is 0 Å². The average Bonchev–Trinajstić information content (AvgIpc) is 2.58. The Kier molecular flexibility index (Phi) is 2.14. The summed E-state index contributed by atoms with van der Waals surface area (Å²) >= 11 is 0. The number of carbonyl (C=O) groups is 1. The van der Waals surface area contributed by atoms with Crippen LogP contribution in [0, 0.1) is 6.92 Å². The summed E-state index contributed by atoms with van der Waals surface area (Å²) in [5.74, 6) is 0.163. The molecule has 5 heteroatoms. The van der Waals surface area contributed by atoms with Gasteiger partial charge in [0.25, 0.3) is 0 Å². The number of nitrogens with one attached hydrogen (secondary N) is 1. The van der Waals surface area contributed by atoms with Gasteiger partial charge < -0.3 is 10.1 Å². The summed E-state index contributed by atoms with van der Waals surface area (Å²) in [6.45, 7) is 1.84. The van der Waals surface area contributed by atoms with E-state index in [2.05, 4.69) is 15.0 Å². The standard InChI is InChI=1S/C12H13N3O2/c1-6-14-10(7-3-2-4-7)9-8(12(16)17)5-13-11(9)15-6/h5,7H,2-4H2,1H3,(H,16,17)(H,13,14,15). The molecule has 1 aliphatic carbocycles. The molecule has 5 nitrogen and oxygen atoms in total. The van der Waals surface area contributed by atoms with E-state index < -0.39 is 5.97 Å². The molecular formula is C12H13N3O2. The Hall–Kier alpha value is -1.91. The number of nitrogens with zero attached hydrogens (tertiary/aromatic N) is 2. The molecule has 0 aromatic carbocycles. The lowest BCUT2D eigenvalue weighted by molar-refractivity contribution is 0.0699. The van der Waals surface area contributed by atoms with Crippen molar-refractivity contribution < 1.29 is 9.90 Å². The molecular weight excluding hydrogens is 218 g/mol. The van der Waals surface area contributed by atoms with Crippen LogP contribution in [0.1, 0.15) is 47.1 Å². The van der Waals surface area contributed by atoms with E-state index in [1.165, 1.54) is 12.6 Å². The monoisotopic (exact) mass is 231 g/mol. The molecule has 2 aromatic rings. The Labute approximate surface area is 97.9 Å². The van der Waals surface area contributed by atoms with Crippen LogP contribution in [0.3, 0.4) is 0 Å². The number of hydrogen-bond acceptors (Lipinski definition) is 3. The van der Waals surface area contributed by atoms with Crippen molar-refractivity contribution in [2.45, 2.75) is 32.1 Å². The van der Waals surface area contributed by atoms with E-state index >= 15 is 0 Å². The van der Waals surface area contributed by atoms with Crippen LogP contribution in [0.15, 0.2) is 6.20 Å². The molecule has 0 unspecified atom stereocenters. The zero-order valence-electron chi connectivity index (χ0n) is 9.53. The normalized spacial score (nSPS) is 16.1. The van der Waals surface area contributed by atoms with Gasteiger partial charge in [-0.2, -0.15) is 0 Å². The van der Waals surface area contributed by atoms with Crippen LogP contribution < -0.4 is 0 Å². The lowest BCUT2D eigenvalue weighted by atomic mass is 9.81. The van der Waals surface area contributed by atoms with Crippen molar-refractivity contribution in [2.24, 2.45) is 0 Å². The van der Waals surface area contributed by atoms with Gasteiger partial charge >= 0.3 is 5.97 Å². The van der Waals surface area contributed by atoms with Crippen molar-refractivity contribution in [1.29, 1.82) is 0 Å². The summed E-state index contributed by atoms with van der Waals surface area (Å²) in [4.78, 5) is 22.8. The topological polar surface area (TPSA) is 78.9 Å². The lowest BCUT2D eigenvalue weighted by Gasteiger charge is -2.25. The number of fused-ring (bicyclic) bond motifs is 1. The summed E-state index contributed by atoms with van der Waals surface area (Å²) in [7, 11) is 0. The van der Waals surface area contributed by atoms with E-state index in [9.17, 15) is 4.79 Å². The fourth-order valence-electron chi connectivity index (χ4n) is 2.32. The first-order valence-corrected chi connectivity index (χ1v) is 5.75. The van der Waals surface area contributed by atoms with E-state index in [0.717, 1.165) is 18.5 Å². The van der Waals surface area contributed by atoms with Crippen molar-refractivity contribution >= 4 is 17.0 Å². The van der Waals surface area contributed by atoms with Gasteiger partial charge in [0.1, 0.15) is 11.5 Å². The molecule has 2 aromatic heterocycles. The minimum Gasteiger partial charge on any atom is -0.478 e. The number of carboxylic acid groups (broad SMARTS) is 1. The van der Waals surface area contributed by atoms with Crippen LogP contribution in [0.4, 0.5) is 0 Å². The van der Waals surface area contributed by atoms with E-state index in [1.54, 1.807) is 0 Å². The molecule has 0 bridgehead atoms. The number of aromatic carboxylic acids is 1. The first-order chi connectivity index (χ1) is 8.16. The van der Waals surface area contributed by atoms with Gasteiger partial charge in [-0.15, -0.1) is 0 Å². The van der Waals surface area contributed by atoms with Crippen LogP contribution in [0.5, 0.6) is 0 Å². The van der Waals surface area contributed by atoms with Crippen molar-refractivity contribution in [3.63, 3.8) is 0 Å². The molecule has 1 aliphatic rings. The number of rotatable bonds is 2. The number of aromatic nitrogens is 3. The van der Waals surface area contributed by atoms with Gasteiger partial charge in [0.2, 0.25) is 0 Å². The number of H-pyrrole nitrogens is 1. The Balaban J connectivity index is 2.29. The highest BCUT2D eigenvalue weighted by Crippen LogP contribution is 2.39. The highest BCUT2D eigenvalue weighted by Gasteiger charge is 2.26. The van der Waals surface area contributed by atoms with Crippen LogP contribution in [0.2, 0.25) is 0 Å². The van der Waals surface area contributed by atoms with Crippen molar-refractivity contribution in [2.75, 3.05) is 0 Å². The fraction of sp³-hybridized carbons (Fsp3) is 0.417. The van der Waals surface area contributed by atoms with Crippen molar-refractivity contribution in [1.82, 2.24) is 15.0 Å². The maximum absolute atomic E-state index is 11.2. The van der Waals surface area contributed by atoms with E-state index in [4.69, 9.17) is 5.11 Å². The maximum atomic E-state index is 11.2. The highest BCUT2D eigenvalue weighted by atomic mass is 16.4. The third-order valence-corrected chi connectivity index (χ3v) is 3.39. The van der Waals surface area contributed by atoms with Gasteiger partial charge in [0.15, 0.2) is 0 Å². The van der Waals surface area contributed by atoms with Crippen LogP contribution >= 0.6 is 0 Å². The summed E-state index contributed by atoms with van der Waals surface area (Å²) in [6.07, 6.45) is 4.89. The predicted molar refractivity (Wildman–Crippen MR) is 62.2 cm³/mol. The molecule has 0 spiro atoms. The third kappa shape index (κ3) is 1.50. The minimum atomic E-state index is -0.927. The summed E-state index contributed by atoms with van der Waals surface area (Å²) < 4.78 is 0. The summed E-state index contributed by atoms with van der Waals surface area (Å²) in [5.41, 5.74) is 1.82. The quantitative estimate of drug-likeness (QED) is 0.830. The number of aryl methyl sites for hydroxylation is 1. The number of carboxylic acids is 1. The zero-order chi connectivity index (χ0) is 12.0. The van der Waals surface area contributed by atoms with Crippen LogP contribution in [-0.4, -0.2) is 26.0 Å². The van der Waals surface area contributed by atoms with Gasteiger partial charge in [0.05, 0.1) is 16.6 Å². The SMILES string of the molecule is Cc1nc(C2CCC2)c2c(C(=O)O)c[nH]c2n1. The summed E-state index contributed by atoms with van der Waals surface area (Å²) in [6, 6.07) is 0. The molecule has 0 atom stereocenters. The molecule has 1 saturated carbocycles. The first-order valence-electron chi connectivity index (χ1n) is 5.75. The molecule has 88 valence electrons. The molecule has 0 amide bonds. The largest absolute Gasteiger partial charge is 0.478 e. The first kappa shape index (κ1) is 10.3. The van der Waals surface area contributed by atoms with Crippen molar-refractivity contribution in [3.05, 3.63) is 23.3 Å². The molecule has 2 N–H and O–H groups in total. The summed E-state index contributed by atoms with van der Waals surface area (Å²) in [5, 5.41) is 9.85. The van der Waals surface area contributed by atoms with Crippen LogP contribution in [0.25, 0.3) is 11.0 Å². The number of aromatic amines is 1.